The van der Waals surface area contributed by atoms with Gasteiger partial charge in [0, 0.05) is 29.2 Å². The number of hydrogen-bond acceptors (Lipinski definition) is 7. The van der Waals surface area contributed by atoms with Crippen LogP contribution in [-0.2, 0) is 4.79 Å². The molecule has 0 saturated carbocycles. The zero-order valence-electron chi connectivity index (χ0n) is 18.1. The van der Waals surface area contributed by atoms with Crippen LogP contribution in [0.5, 0.6) is 5.75 Å². The average molecular weight is 451 g/mol. The summed E-state index contributed by atoms with van der Waals surface area (Å²) in [6, 6.07) is 15.5. The van der Waals surface area contributed by atoms with Gasteiger partial charge in [-0.15, -0.1) is 16.9 Å². The Morgan fingerprint density at radius 1 is 1.28 bits per heavy atom. The van der Waals surface area contributed by atoms with Crippen molar-refractivity contribution in [3.63, 3.8) is 0 Å². The number of methoxy groups -OCH3 is 1. The SMILES string of the molecule is COc1ccccc1/C=C/CN1C[C@@H](n2cnnn2)C[C@H]1C(=O)Nc1cccc(SC)c1. The molecular weight excluding hydrogens is 424 g/mol. The summed E-state index contributed by atoms with van der Waals surface area (Å²) >= 11 is 1.65. The summed E-state index contributed by atoms with van der Waals surface area (Å²) in [5.41, 5.74) is 1.80. The van der Waals surface area contributed by atoms with Crippen LogP contribution in [0.4, 0.5) is 5.69 Å². The number of hydrogen-bond donors (Lipinski definition) is 1. The molecule has 0 bridgehead atoms. The summed E-state index contributed by atoms with van der Waals surface area (Å²) in [6.07, 6.45) is 8.36. The molecule has 2 atom stereocenters. The van der Waals surface area contributed by atoms with E-state index >= 15 is 0 Å². The van der Waals surface area contributed by atoms with E-state index in [-0.39, 0.29) is 18.0 Å². The molecular formula is C23H26N6O2S. The summed E-state index contributed by atoms with van der Waals surface area (Å²) in [7, 11) is 1.66. The molecule has 0 aliphatic carbocycles. The van der Waals surface area contributed by atoms with Crippen molar-refractivity contribution in [2.45, 2.75) is 23.4 Å². The minimum atomic E-state index is -0.288. The van der Waals surface area contributed by atoms with E-state index in [4.69, 9.17) is 4.74 Å². The molecule has 3 aromatic rings. The van der Waals surface area contributed by atoms with Gasteiger partial charge in [0.25, 0.3) is 0 Å². The van der Waals surface area contributed by atoms with Crippen LogP contribution in [0.25, 0.3) is 6.08 Å². The number of nitrogens with one attached hydrogen (secondary N) is 1. The molecule has 32 heavy (non-hydrogen) atoms. The first kappa shape index (κ1) is 22.0. The van der Waals surface area contributed by atoms with Crippen LogP contribution in [-0.4, -0.2) is 63.5 Å². The molecule has 1 N–H and O–H groups in total. The number of carbonyl (C=O) groups is 1. The van der Waals surface area contributed by atoms with Gasteiger partial charge in [-0.25, -0.2) is 4.68 Å². The van der Waals surface area contributed by atoms with Gasteiger partial charge in [-0.2, -0.15) is 0 Å². The van der Waals surface area contributed by atoms with Crippen molar-refractivity contribution in [1.29, 1.82) is 0 Å². The maximum absolute atomic E-state index is 13.2. The number of benzene rings is 2. The van der Waals surface area contributed by atoms with Crippen molar-refractivity contribution in [2.75, 3.05) is 31.8 Å². The molecule has 9 heteroatoms. The Kier molecular flexibility index (Phi) is 7.18. The maximum Gasteiger partial charge on any atom is 0.241 e. The smallest absolute Gasteiger partial charge is 0.241 e. The fourth-order valence-corrected chi connectivity index (χ4v) is 4.39. The van der Waals surface area contributed by atoms with Crippen LogP contribution in [0.15, 0.2) is 65.8 Å². The molecule has 1 aliphatic rings. The van der Waals surface area contributed by atoms with E-state index in [0.29, 0.717) is 19.5 Å². The second-order valence-electron chi connectivity index (χ2n) is 7.51. The highest BCUT2D eigenvalue weighted by Gasteiger charge is 2.37. The lowest BCUT2D eigenvalue weighted by Gasteiger charge is -2.22. The maximum atomic E-state index is 13.2. The standard InChI is InChI=1S/C23H26N6O2S/c1-31-22-11-4-3-7-17(22)8-6-12-28-15-19(29-16-24-26-27-29)14-21(28)23(30)25-18-9-5-10-20(13-18)32-2/h3-11,13,16,19,21H,12,14-15H2,1-2H3,(H,25,30)/b8-6+/t19-,21-/m0/s1. The van der Waals surface area contributed by atoms with E-state index in [2.05, 4.69) is 31.8 Å². The van der Waals surface area contributed by atoms with Crippen molar-refractivity contribution >= 4 is 29.4 Å². The van der Waals surface area contributed by atoms with Gasteiger partial charge in [-0.3, -0.25) is 9.69 Å². The van der Waals surface area contributed by atoms with E-state index < -0.39 is 0 Å². The number of thioether (sulfide) groups is 1. The number of nitrogens with zero attached hydrogens (tertiary/aromatic N) is 5. The van der Waals surface area contributed by atoms with Crippen molar-refractivity contribution in [3.05, 3.63) is 66.5 Å². The normalized spacial score (nSPS) is 18.8. The number of aromatic nitrogens is 4. The third-order valence-electron chi connectivity index (χ3n) is 5.54. The fourth-order valence-electron chi connectivity index (χ4n) is 3.93. The van der Waals surface area contributed by atoms with Gasteiger partial charge in [0.05, 0.1) is 19.2 Å². The van der Waals surface area contributed by atoms with Crippen molar-refractivity contribution in [3.8, 4) is 5.75 Å². The predicted molar refractivity (Wildman–Crippen MR) is 126 cm³/mol. The highest BCUT2D eigenvalue weighted by Crippen LogP contribution is 2.28. The number of tetrazole rings is 1. The molecule has 1 saturated heterocycles. The van der Waals surface area contributed by atoms with Gasteiger partial charge in [0.2, 0.25) is 5.91 Å². The average Bonchev–Trinajstić information content (AvgIpc) is 3.50. The number of likely N-dealkylation sites (tertiary alicyclic amines) is 1. The van der Waals surface area contributed by atoms with Gasteiger partial charge in [0.1, 0.15) is 12.1 Å². The van der Waals surface area contributed by atoms with Crippen LogP contribution in [0, 0.1) is 0 Å². The van der Waals surface area contributed by atoms with Gasteiger partial charge >= 0.3 is 0 Å². The first-order valence-electron chi connectivity index (χ1n) is 10.4. The first-order valence-corrected chi connectivity index (χ1v) is 11.6. The Balaban J connectivity index is 1.49. The van der Waals surface area contributed by atoms with Crippen molar-refractivity contribution in [2.24, 2.45) is 0 Å². The van der Waals surface area contributed by atoms with Crippen LogP contribution in [0.2, 0.25) is 0 Å². The summed E-state index contributed by atoms with van der Waals surface area (Å²) in [5, 5.41) is 14.6. The Hall–Kier alpha value is -3.17. The number of rotatable bonds is 8. The predicted octanol–water partition coefficient (Wildman–Crippen LogP) is 3.37. The summed E-state index contributed by atoms with van der Waals surface area (Å²) in [6.45, 7) is 1.31. The Bertz CT molecular complexity index is 1070. The Labute approximate surface area is 191 Å². The zero-order valence-corrected chi connectivity index (χ0v) is 18.9. The van der Waals surface area contributed by atoms with Crippen molar-refractivity contribution in [1.82, 2.24) is 25.1 Å². The van der Waals surface area contributed by atoms with Crippen LogP contribution in [0.1, 0.15) is 18.0 Å². The van der Waals surface area contributed by atoms with Crippen LogP contribution < -0.4 is 10.1 Å². The van der Waals surface area contributed by atoms with E-state index in [1.165, 1.54) is 0 Å². The van der Waals surface area contributed by atoms with E-state index in [9.17, 15) is 4.79 Å². The lowest BCUT2D eigenvalue weighted by Crippen LogP contribution is -2.39. The molecule has 0 spiro atoms. The quantitative estimate of drug-likeness (QED) is 0.527. The minimum Gasteiger partial charge on any atom is -0.496 e. The lowest BCUT2D eigenvalue weighted by molar-refractivity contribution is -0.120. The molecule has 2 heterocycles. The zero-order chi connectivity index (χ0) is 22.3. The summed E-state index contributed by atoms with van der Waals surface area (Å²) < 4.78 is 7.16. The second kappa shape index (κ2) is 10.4. The monoisotopic (exact) mass is 450 g/mol. The molecule has 1 aliphatic heterocycles. The highest BCUT2D eigenvalue weighted by molar-refractivity contribution is 7.98. The minimum absolute atomic E-state index is 0.0236. The molecule has 1 fully saturated rings. The molecule has 1 amide bonds. The Morgan fingerprint density at radius 3 is 2.94 bits per heavy atom. The largest absolute Gasteiger partial charge is 0.496 e. The molecule has 166 valence electrons. The van der Waals surface area contributed by atoms with Gasteiger partial charge in [-0.05, 0) is 47.4 Å². The van der Waals surface area contributed by atoms with Gasteiger partial charge in [-0.1, -0.05) is 36.4 Å². The number of amides is 1. The van der Waals surface area contributed by atoms with E-state index in [0.717, 1.165) is 21.9 Å². The number of anilines is 1. The van der Waals surface area contributed by atoms with Gasteiger partial charge in [0.15, 0.2) is 0 Å². The second-order valence-corrected chi connectivity index (χ2v) is 8.39. The van der Waals surface area contributed by atoms with Crippen molar-refractivity contribution < 1.29 is 9.53 Å². The van der Waals surface area contributed by atoms with Crippen LogP contribution >= 0.6 is 11.8 Å². The Morgan fingerprint density at radius 2 is 2.16 bits per heavy atom. The lowest BCUT2D eigenvalue weighted by atomic mass is 10.1. The summed E-state index contributed by atoms with van der Waals surface area (Å²) in [4.78, 5) is 16.5. The summed E-state index contributed by atoms with van der Waals surface area (Å²) in [5.74, 6) is 0.796. The van der Waals surface area contributed by atoms with Gasteiger partial charge < -0.3 is 10.1 Å². The highest BCUT2D eigenvalue weighted by atomic mass is 32.2. The first-order chi connectivity index (χ1) is 15.7. The molecule has 8 nitrogen and oxygen atoms in total. The third kappa shape index (κ3) is 5.17. The number of ether oxygens (including phenoxy) is 1. The van der Waals surface area contributed by atoms with E-state index in [1.807, 2.05) is 60.9 Å². The van der Waals surface area contributed by atoms with Crippen LogP contribution in [0.3, 0.4) is 0 Å². The molecule has 0 unspecified atom stereocenters. The van der Waals surface area contributed by atoms with E-state index in [1.54, 1.807) is 29.9 Å². The molecule has 0 radical (unpaired) electrons. The molecule has 1 aromatic heterocycles. The topological polar surface area (TPSA) is 85.2 Å². The number of para-hydroxylation sites is 1. The number of carbonyl (C=O) groups excluding carboxylic acids is 1. The fraction of sp³-hybridized carbons (Fsp3) is 0.304. The molecule has 2 aromatic carbocycles. The third-order valence-corrected chi connectivity index (χ3v) is 6.26. The molecule has 4 rings (SSSR count).